The summed E-state index contributed by atoms with van der Waals surface area (Å²) in [6.45, 7) is 0. The van der Waals surface area contributed by atoms with E-state index >= 15 is 0 Å². The Labute approximate surface area is 71.8 Å². The van der Waals surface area contributed by atoms with Crippen LogP contribution in [0.5, 0.6) is 0 Å². The van der Waals surface area contributed by atoms with Gasteiger partial charge >= 0.3 is 32.7 Å². The molecular formula is C2O9S2. The molecule has 0 spiro atoms. The third-order valence-electron chi connectivity index (χ3n) is 0.689. The third kappa shape index (κ3) is 2.37. The van der Waals surface area contributed by atoms with Gasteiger partial charge in [0.25, 0.3) is 0 Å². The van der Waals surface area contributed by atoms with E-state index in [0.717, 1.165) is 0 Å². The first-order valence-electron chi connectivity index (χ1n) is 2.40. The fourth-order valence-electron chi connectivity index (χ4n) is 0.383. The van der Waals surface area contributed by atoms with Crippen molar-refractivity contribution in [2.75, 3.05) is 0 Å². The number of rotatable bonds is 0. The minimum atomic E-state index is -5.09. The van der Waals surface area contributed by atoms with Crippen molar-refractivity contribution in [3.63, 3.8) is 0 Å². The van der Waals surface area contributed by atoms with Gasteiger partial charge in [-0.25, -0.2) is 9.59 Å². The highest BCUT2D eigenvalue weighted by atomic mass is 32.3. The van der Waals surface area contributed by atoms with Crippen LogP contribution in [0.4, 0.5) is 0 Å². The van der Waals surface area contributed by atoms with Gasteiger partial charge in [-0.15, -0.1) is 0 Å². The van der Waals surface area contributed by atoms with Crippen LogP contribution in [-0.2, 0) is 42.4 Å². The molecule has 0 aromatic rings. The molecule has 1 heterocycles. The van der Waals surface area contributed by atoms with Gasteiger partial charge in [0, 0.05) is 0 Å². The van der Waals surface area contributed by atoms with E-state index in [0.29, 0.717) is 0 Å². The maximum atomic E-state index is 10.4. The second kappa shape index (κ2) is 2.65. The predicted octanol–water partition coefficient (Wildman–Crippen LogP) is -2.41. The van der Waals surface area contributed by atoms with E-state index in [4.69, 9.17) is 0 Å². The highest BCUT2D eigenvalue weighted by Gasteiger charge is 2.40. The summed E-state index contributed by atoms with van der Waals surface area (Å²) >= 11 is 0. The summed E-state index contributed by atoms with van der Waals surface area (Å²) in [7, 11) is -10.2. The van der Waals surface area contributed by atoms with Gasteiger partial charge in [-0.1, -0.05) is 3.63 Å². The summed E-state index contributed by atoms with van der Waals surface area (Å²) < 4.78 is 51.3. The number of carbonyl (C=O) groups is 2. The SMILES string of the molecule is O=C1OS(=O)(=O)OS(=O)(=O)OC1=O. The molecule has 74 valence electrons. The van der Waals surface area contributed by atoms with Gasteiger partial charge in [-0.2, -0.15) is 16.8 Å². The second-order valence-electron chi connectivity index (χ2n) is 1.63. The zero-order chi connectivity index (χ0) is 10.3. The Morgan fingerprint density at radius 2 is 1.08 bits per heavy atom. The molecule has 0 amide bonds. The van der Waals surface area contributed by atoms with Crippen LogP contribution in [0.15, 0.2) is 0 Å². The summed E-state index contributed by atoms with van der Waals surface area (Å²) in [4.78, 5) is 20.6. The van der Waals surface area contributed by atoms with E-state index in [-0.39, 0.29) is 0 Å². The van der Waals surface area contributed by atoms with E-state index < -0.39 is 32.7 Å². The Balaban J connectivity index is 3.23. The molecule has 1 saturated heterocycles. The van der Waals surface area contributed by atoms with E-state index in [1.165, 1.54) is 0 Å². The maximum absolute atomic E-state index is 10.4. The summed E-state index contributed by atoms with van der Waals surface area (Å²) in [5.74, 6) is -4.00. The molecule has 0 radical (unpaired) electrons. The molecule has 0 aromatic heterocycles. The molecule has 11 heteroatoms. The van der Waals surface area contributed by atoms with Crippen LogP contribution in [0.1, 0.15) is 0 Å². The lowest BCUT2D eigenvalue weighted by atomic mass is 10.7. The van der Waals surface area contributed by atoms with Gasteiger partial charge < -0.3 is 8.37 Å². The smallest absolute Gasteiger partial charge is 0.314 e. The molecule has 0 atom stereocenters. The first kappa shape index (κ1) is 9.88. The van der Waals surface area contributed by atoms with Crippen LogP contribution in [0, 0.1) is 0 Å². The molecular weight excluding hydrogens is 232 g/mol. The van der Waals surface area contributed by atoms with Crippen molar-refractivity contribution in [2.24, 2.45) is 0 Å². The van der Waals surface area contributed by atoms with Gasteiger partial charge in [0.1, 0.15) is 0 Å². The number of hydrogen-bond acceptors (Lipinski definition) is 9. The Bertz CT molecular complexity index is 406. The molecule has 9 nitrogen and oxygen atoms in total. The molecule has 0 N–H and O–H groups in total. The van der Waals surface area contributed by atoms with Crippen molar-refractivity contribution in [3.05, 3.63) is 0 Å². The minimum Gasteiger partial charge on any atom is -0.314 e. The first-order chi connectivity index (χ1) is 5.72. The zero-order valence-corrected chi connectivity index (χ0v) is 7.12. The van der Waals surface area contributed by atoms with E-state index in [9.17, 15) is 26.4 Å². The van der Waals surface area contributed by atoms with Gasteiger partial charge in [-0.3, -0.25) is 0 Å². The van der Waals surface area contributed by atoms with Gasteiger partial charge in [0.2, 0.25) is 0 Å². The molecule has 13 heavy (non-hydrogen) atoms. The monoisotopic (exact) mass is 232 g/mol. The normalized spacial score (nSPS) is 25.5. The van der Waals surface area contributed by atoms with Crippen molar-refractivity contribution in [3.8, 4) is 0 Å². The number of carbonyl (C=O) groups excluding carboxylic acids is 2. The van der Waals surface area contributed by atoms with E-state index in [1.54, 1.807) is 0 Å². The Hall–Kier alpha value is -1.20. The van der Waals surface area contributed by atoms with Crippen molar-refractivity contribution >= 4 is 32.7 Å². The Morgan fingerprint density at radius 1 is 0.769 bits per heavy atom. The van der Waals surface area contributed by atoms with Crippen LogP contribution < -0.4 is 0 Å². The van der Waals surface area contributed by atoms with Crippen LogP contribution in [0.25, 0.3) is 0 Å². The molecule has 0 unspecified atom stereocenters. The number of hydrogen-bond donors (Lipinski definition) is 0. The highest BCUT2D eigenvalue weighted by Crippen LogP contribution is 2.11. The summed E-state index contributed by atoms with van der Waals surface area (Å²) in [5.41, 5.74) is 0. The standard InChI is InChI=1S/C2O9S2/c3-1-2(4)10-13(7,8)11-12(5,6)9-1. The Morgan fingerprint density at radius 3 is 1.38 bits per heavy atom. The molecule has 1 aliphatic heterocycles. The molecule has 1 fully saturated rings. The average Bonchev–Trinajstić information content (AvgIpc) is 1.85. The van der Waals surface area contributed by atoms with Crippen LogP contribution >= 0.6 is 0 Å². The van der Waals surface area contributed by atoms with Crippen molar-refractivity contribution < 1.29 is 38.4 Å². The van der Waals surface area contributed by atoms with E-state index in [1.807, 2.05) is 0 Å². The lowest BCUT2D eigenvalue weighted by molar-refractivity contribution is -0.155. The summed E-state index contributed by atoms with van der Waals surface area (Å²) in [5, 5.41) is 0. The van der Waals surface area contributed by atoms with Crippen molar-refractivity contribution in [1.82, 2.24) is 0 Å². The lowest BCUT2D eigenvalue weighted by Gasteiger charge is -1.94. The Kier molecular flexibility index (Phi) is 2.01. The molecule has 0 bridgehead atoms. The van der Waals surface area contributed by atoms with Gasteiger partial charge in [-0.05, 0) is 0 Å². The van der Waals surface area contributed by atoms with Crippen LogP contribution in [-0.4, -0.2) is 28.8 Å². The van der Waals surface area contributed by atoms with E-state index in [2.05, 4.69) is 12.0 Å². The topological polar surface area (TPSA) is 130 Å². The molecule has 0 aliphatic carbocycles. The molecule has 1 aliphatic rings. The third-order valence-corrected chi connectivity index (χ3v) is 2.73. The van der Waals surface area contributed by atoms with Crippen molar-refractivity contribution in [2.45, 2.75) is 0 Å². The largest absolute Gasteiger partial charge is 0.469 e. The molecule has 1 rings (SSSR count). The lowest BCUT2D eigenvalue weighted by Crippen LogP contribution is -2.19. The first-order valence-corrected chi connectivity index (χ1v) is 5.07. The second-order valence-corrected chi connectivity index (χ2v) is 4.14. The average molecular weight is 232 g/mol. The minimum absolute atomic E-state index is 2.00. The fourth-order valence-corrected chi connectivity index (χ4v) is 1.93. The summed E-state index contributed by atoms with van der Waals surface area (Å²) in [6, 6.07) is 0. The van der Waals surface area contributed by atoms with Gasteiger partial charge in [0.15, 0.2) is 0 Å². The summed E-state index contributed by atoms with van der Waals surface area (Å²) in [6.07, 6.45) is 0. The predicted molar refractivity (Wildman–Crippen MR) is 31.1 cm³/mol. The molecule has 0 aromatic carbocycles. The van der Waals surface area contributed by atoms with Crippen molar-refractivity contribution in [1.29, 1.82) is 0 Å². The zero-order valence-electron chi connectivity index (χ0n) is 5.49. The van der Waals surface area contributed by atoms with Gasteiger partial charge in [0.05, 0.1) is 0 Å². The van der Waals surface area contributed by atoms with Crippen LogP contribution in [0.2, 0.25) is 0 Å². The van der Waals surface area contributed by atoms with Crippen LogP contribution in [0.3, 0.4) is 0 Å². The fraction of sp³-hybridized carbons (Fsp3) is 0. The molecule has 0 saturated carbocycles. The maximum Gasteiger partial charge on any atom is 0.469 e. The quantitative estimate of drug-likeness (QED) is 0.419. The highest BCUT2D eigenvalue weighted by molar-refractivity contribution is 7.96.